The summed E-state index contributed by atoms with van der Waals surface area (Å²) in [5.41, 5.74) is -1.26. The maximum Gasteiger partial charge on any atom is 0.312 e. The number of amides is 1. The summed E-state index contributed by atoms with van der Waals surface area (Å²) in [5.74, 6) is -0.467. The van der Waals surface area contributed by atoms with Gasteiger partial charge in [-0.1, -0.05) is 13.8 Å². The lowest BCUT2D eigenvalue weighted by Gasteiger charge is -2.46. The van der Waals surface area contributed by atoms with Crippen LogP contribution in [0.4, 0.5) is 0 Å². The van der Waals surface area contributed by atoms with Crippen LogP contribution in [0.5, 0.6) is 0 Å². The predicted octanol–water partition coefficient (Wildman–Crippen LogP) is 2.11. The Morgan fingerprint density at radius 3 is 2.35 bits per heavy atom. The third kappa shape index (κ3) is 2.06. The van der Waals surface area contributed by atoms with Crippen LogP contribution in [0.15, 0.2) is 0 Å². The normalized spacial score (nSPS) is 42.8. The van der Waals surface area contributed by atoms with Gasteiger partial charge >= 0.3 is 5.97 Å². The van der Waals surface area contributed by atoms with Crippen molar-refractivity contribution in [3.8, 4) is 0 Å². The fourth-order valence-corrected chi connectivity index (χ4v) is 7.08. The summed E-state index contributed by atoms with van der Waals surface area (Å²) in [7, 11) is 0. The first-order chi connectivity index (χ1) is 12.2. The summed E-state index contributed by atoms with van der Waals surface area (Å²) in [4.78, 5) is 24.6. The second kappa shape index (κ2) is 4.82. The number of carboxylic acids is 1. The van der Waals surface area contributed by atoms with Crippen LogP contribution in [0.1, 0.15) is 58.8 Å². The van der Waals surface area contributed by atoms with Crippen molar-refractivity contribution in [2.45, 2.75) is 70.0 Å². The molecule has 0 radical (unpaired) electrons. The maximum atomic E-state index is 12.6. The molecule has 6 aliphatic rings. The molecule has 6 heteroatoms. The molecule has 0 aromatic heterocycles. The number of hydrogen-bond acceptors (Lipinski definition) is 4. The summed E-state index contributed by atoms with van der Waals surface area (Å²) in [5, 5.41) is 13.0. The number of ether oxygens (including phenoxy) is 2. The lowest BCUT2D eigenvalue weighted by molar-refractivity contribution is -0.164. The summed E-state index contributed by atoms with van der Waals surface area (Å²) < 4.78 is 11.9. The molecule has 6 nitrogen and oxygen atoms in total. The Morgan fingerprint density at radius 1 is 1.12 bits per heavy atom. The van der Waals surface area contributed by atoms with E-state index in [0.717, 1.165) is 19.3 Å². The molecule has 3 aliphatic carbocycles. The molecule has 2 bridgehead atoms. The SMILES string of the molecule is CC1(C)CC2(CC2C(=O)NCC23CC(C(=O)O)(C2)C2(CCOCC2)O3)C1. The van der Waals surface area contributed by atoms with Gasteiger partial charge in [-0.05, 0) is 42.9 Å². The number of carboxylic acid groups (broad SMARTS) is 1. The van der Waals surface area contributed by atoms with Crippen molar-refractivity contribution < 1.29 is 24.2 Å². The minimum Gasteiger partial charge on any atom is -0.481 e. The first-order valence-electron chi connectivity index (χ1n) is 9.95. The minimum absolute atomic E-state index is 0.138. The van der Waals surface area contributed by atoms with E-state index in [9.17, 15) is 14.7 Å². The number of nitrogens with one attached hydrogen (secondary N) is 1. The monoisotopic (exact) mass is 363 g/mol. The average molecular weight is 363 g/mol. The van der Waals surface area contributed by atoms with Crippen LogP contribution in [0.25, 0.3) is 0 Å². The van der Waals surface area contributed by atoms with Crippen molar-refractivity contribution in [3.63, 3.8) is 0 Å². The Bertz CT molecular complexity index is 664. The van der Waals surface area contributed by atoms with E-state index in [4.69, 9.17) is 9.47 Å². The van der Waals surface area contributed by atoms with Crippen molar-refractivity contribution in [2.24, 2.45) is 22.2 Å². The highest BCUT2D eigenvalue weighted by molar-refractivity contribution is 5.83. The summed E-state index contributed by atoms with van der Waals surface area (Å²) in [6.07, 6.45) is 5.59. The average Bonchev–Trinajstić information content (AvgIpc) is 3.07. The molecule has 3 saturated carbocycles. The Kier molecular flexibility index (Phi) is 3.15. The Labute approximate surface area is 154 Å². The molecule has 144 valence electrons. The van der Waals surface area contributed by atoms with Gasteiger partial charge in [0.25, 0.3) is 0 Å². The standard InChI is InChI=1S/C20H29NO5/c1-16(2)8-17(9-16)7-13(17)14(22)21-12-18-10-19(11-18,15(23)24)20(26-18)3-5-25-6-4-20/h13H,3-12H2,1-2H3,(H,21,22)(H,23,24). The van der Waals surface area contributed by atoms with Crippen LogP contribution in [-0.2, 0) is 19.1 Å². The molecule has 2 N–H and O–H groups in total. The van der Waals surface area contributed by atoms with Crippen molar-refractivity contribution in [3.05, 3.63) is 0 Å². The minimum atomic E-state index is -0.791. The lowest BCUT2D eigenvalue weighted by Crippen LogP contribution is -2.58. The molecule has 6 fully saturated rings. The first-order valence-corrected chi connectivity index (χ1v) is 9.95. The zero-order valence-corrected chi connectivity index (χ0v) is 15.7. The second-order valence-corrected chi connectivity index (χ2v) is 10.5. The maximum absolute atomic E-state index is 12.6. The number of rotatable bonds is 4. The van der Waals surface area contributed by atoms with Crippen LogP contribution in [0.2, 0.25) is 0 Å². The first kappa shape index (κ1) is 17.0. The Hall–Kier alpha value is -1.14. The Morgan fingerprint density at radius 2 is 1.77 bits per heavy atom. The second-order valence-electron chi connectivity index (χ2n) is 10.5. The number of aliphatic carboxylic acids is 1. The Balaban J connectivity index is 1.23. The van der Waals surface area contributed by atoms with Crippen LogP contribution in [0, 0.1) is 22.2 Å². The van der Waals surface area contributed by atoms with Crippen LogP contribution < -0.4 is 5.32 Å². The quantitative estimate of drug-likeness (QED) is 0.799. The van der Waals surface area contributed by atoms with Gasteiger partial charge in [0.15, 0.2) is 0 Å². The van der Waals surface area contributed by atoms with Gasteiger partial charge in [-0.25, -0.2) is 0 Å². The molecule has 3 aliphatic heterocycles. The van der Waals surface area contributed by atoms with Crippen LogP contribution in [0.3, 0.4) is 0 Å². The topological polar surface area (TPSA) is 84.9 Å². The third-order valence-electron chi connectivity index (χ3n) is 7.99. The summed E-state index contributed by atoms with van der Waals surface area (Å²) in [6, 6.07) is 0. The van der Waals surface area contributed by atoms with E-state index in [1.807, 2.05) is 0 Å². The molecule has 26 heavy (non-hydrogen) atoms. The van der Waals surface area contributed by atoms with Gasteiger partial charge in [-0.3, -0.25) is 9.59 Å². The highest BCUT2D eigenvalue weighted by Crippen LogP contribution is 2.72. The fraction of sp³-hybridized carbons (Fsp3) is 0.900. The summed E-state index contributed by atoms with van der Waals surface area (Å²) >= 11 is 0. The number of hydrogen-bond donors (Lipinski definition) is 2. The van der Waals surface area contributed by atoms with E-state index in [0.29, 0.717) is 50.9 Å². The molecule has 1 unspecified atom stereocenters. The molecular weight excluding hydrogens is 334 g/mol. The largest absolute Gasteiger partial charge is 0.481 e. The van der Waals surface area contributed by atoms with Gasteiger partial charge in [0.2, 0.25) is 5.91 Å². The van der Waals surface area contributed by atoms with E-state index in [2.05, 4.69) is 19.2 Å². The zero-order valence-electron chi connectivity index (χ0n) is 15.7. The van der Waals surface area contributed by atoms with E-state index in [1.165, 1.54) is 0 Å². The molecule has 0 aromatic carbocycles. The van der Waals surface area contributed by atoms with E-state index in [-0.39, 0.29) is 17.2 Å². The zero-order chi connectivity index (χ0) is 18.4. The van der Waals surface area contributed by atoms with Gasteiger partial charge in [0, 0.05) is 38.5 Å². The molecule has 1 atom stereocenters. The van der Waals surface area contributed by atoms with E-state index >= 15 is 0 Å². The smallest absolute Gasteiger partial charge is 0.312 e. The van der Waals surface area contributed by atoms with E-state index in [1.54, 1.807) is 0 Å². The molecule has 2 spiro atoms. The summed E-state index contributed by atoms with van der Waals surface area (Å²) in [6.45, 7) is 6.09. The van der Waals surface area contributed by atoms with Gasteiger partial charge in [0.1, 0.15) is 5.41 Å². The molecule has 3 saturated heterocycles. The fourth-order valence-electron chi connectivity index (χ4n) is 7.08. The molecule has 1 amide bonds. The predicted molar refractivity (Wildman–Crippen MR) is 92.5 cm³/mol. The molecule has 6 rings (SSSR count). The lowest BCUT2D eigenvalue weighted by atomic mass is 9.54. The van der Waals surface area contributed by atoms with Crippen molar-refractivity contribution >= 4 is 11.9 Å². The van der Waals surface area contributed by atoms with Gasteiger partial charge in [0.05, 0.1) is 11.2 Å². The molecule has 0 aromatic rings. The van der Waals surface area contributed by atoms with E-state index < -0.39 is 22.6 Å². The number of carbonyl (C=O) groups excluding carboxylic acids is 1. The molecule has 3 heterocycles. The third-order valence-corrected chi connectivity index (χ3v) is 7.99. The van der Waals surface area contributed by atoms with Crippen LogP contribution in [-0.4, -0.2) is 47.9 Å². The van der Waals surface area contributed by atoms with Gasteiger partial charge in [-0.2, -0.15) is 0 Å². The number of carbonyl (C=O) groups is 2. The van der Waals surface area contributed by atoms with Crippen molar-refractivity contribution in [1.29, 1.82) is 0 Å². The van der Waals surface area contributed by atoms with Crippen molar-refractivity contribution in [2.75, 3.05) is 19.8 Å². The molecular formula is C20H29NO5. The van der Waals surface area contributed by atoms with Gasteiger partial charge in [-0.15, -0.1) is 0 Å². The van der Waals surface area contributed by atoms with Crippen molar-refractivity contribution in [1.82, 2.24) is 5.32 Å². The van der Waals surface area contributed by atoms with Crippen LogP contribution >= 0.6 is 0 Å². The highest BCUT2D eigenvalue weighted by atomic mass is 16.6. The van der Waals surface area contributed by atoms with Gasteiger partial charge < -0.3 is 19.9 Å². The highest BCUT2D eigenvalue weighted by Gasteiger charge is 2.78.